The van der Waals surface area contributed by atoms with Crippen LogP contribution in [0.5, 0.6) is 11.5 Å². The van der Waals surface area contributed by atoms with Crippen LogP contribution in [0.2, 0.25) is 10.0 Å². The van der Waals surface area contributed by atoms with E-state index in [9.17, 15) is 8.42 Å². The molecule has 0 saturated heterocycles. The van der Waals surface area contributed by atoms with Gasteiger partial charge in [0.1, 0.15) is 10.6 Å². The molecule has 0 aliphatic heterocycles. The fourth-order valence-electron chi connectivity index (χ4n) is 2.95. The second-order valence-corrected chi connectivity index (χ2v) is 8.93. The summed E-state index contributed by atoms with van der Waals surface area (Å²) in [7, 11) is 0.225. The van der Waals surface area contributed by atoms with Gasteiger partial charge in [0.05, 0.1) is 24.9 Å². The monoisotopic (exact) mass is 451 g/mol. The Balaban J connectivity index is 2.16. The van der Waals surface area contributed by atoms with Crippen LogP contribution in [0.4, 0.5) is 5.69 Å². The van der Waals surface area contributed by atoms with Crippen molar-refractivity contribution in [2.75, 3.05) is 25.6 Å². The maximum absolute atomic E-state index is 13.4. The Morgan fingerprint density at radius 1 is 0.862 bits per heavy atom. The number of methoxy groups -OCH3 is 2. The zero-order chi connectivity index (χ0) is 21.2. The smallest absolute Gasteiger partial charge is 0.267 e. The summed E-state index contributed by atoms with van der Waals surface area (Å²) in [6, 6.07) is 17.7. The second-order valence-electron chi connectivity index (χ2n) is 6.14. The normalized spacial score (nSPS) is 11.2. The minimum atomic E-state index is -4.05. The predicted molar refractivity (Wildman–Crippen MR) is 117 cm³/mol. The fourth-order valence-corrected chi connectivity index (χ4v) is 5.04. The van der Waals surface area contributed by atoms with Gasteiger partial charge in [-0.1, -0.05) is 59.6 Å². The molecule has 0 atom stereocenters. The van der Waals surface area contributed by atoms with Crippen LogP contribution in [0.1, 0.15) is 0 Å². The Morgan fingerprint density at radius 3 is 2.17 bits per heavy atom. The molecule has 0 fully saturated rings. The lowest BCUT2D eigenvalue weighted by atomic mass is 10.0. The van der Waals surface area contributed by atoms with E-state index in [1.54, 1.807) is 12.1 Å². The number of rotatable bonds is 6. The number of ether oxygens (including phenoxy) is 2. The van der Waals surface area contributed by atoms with Gasteiger partial charge < -0.3 is 9.47 Å². The maximum Gasteiger partial charge on any atom is 0.267 e. The Bertz CT molecular complexity index is 1130. The fraction of sp³-hybridized carbons (Fsp3) is 0.143. The third-order valence-corrected chi connectivity index (χ3v) is 6.72. The van der Waals surface area contributed by atoms with Crippen LogP contribution in [-0.2, 0) is 10.0 Å². The van der Waals surface area contributed by atoms with Crippen molar-refractivity contribution in [2.45, 2.75) is 4.90 Å². The molecule has 0 aliphatic carbocycles. The van der Waals surface area contributed by atoms with Crippen molar-refractivity contribution in [1.82, 2.24) is 0 Å². The number of halogens is 2. The van der Waals surface area contributed by atoms with Crippen LogP contribution in [0.25, 0.3) is 11.1 Å². The summed E-state index contributed by atoms with van der Waals surface area (Å²) in [5.74, 6) is 0.434. The third kappa shape index (κ3) is 4.15. The first-order valence-corrected chi connectivity index (χ1v) is 10.7. The van der Waals surface area contributed by atoms with Gasteiger partial charge in [-0.15, -0.1) is 0 Å². The summed E-state index contributed by atoms with van der Waals surface area (Å²) < 4.78 is 38.6. The van der Waals surface area contributed by atoms with E-state index >= 15 is 0 Å². The second kappa shape index (κ2) is 8.53. The first-order chi connectivity index (χ1) is 13.8. The molecule has 0 saturated carbocycles. The van der Waals surface area contributed by atoms with E-state index in [4.69, 9.17) is 32.7 Å². The molecular weight excluding hydrogens is 433 g/mol. The highest BCUT2D eigenvalue weighted by atomic mass is 35.5. The summed E-state index contributed by atoms with van der Waals surface area (Å²) >= 11 is 12.2. The van der Waals surface area contributed by atoms with Crippen LogP contribution in [0, 0.1) is 0 Å². The van der Waals surface area contributed by atoms with Crippen molar-refractivity contribution in [2.24, 2.45) is 0 Å². The Hall–Kier alpha value is -2.41. The molecule has 3 aromatic rings. The lowest BCUT2D eigenvalue weighted by Crippen LogP contribution is -2.27. The number of sulfonamides is 1. The number of anilines is 1. The summed E-state index contributed by atoms with van der Waals surface area (Å²) in [6.45, 7) is 0. The largest absolute Gasteiger partial charge is 0.495 e. The summed E-state index contributed by atoms with van der Waals surface area (Å²) in [4.78, 5) is -0.132. The van der Waals surface area contributed by atoms with Crippen molar-refractivity contribution >= 4 is 38.9 Å². The first-order valence-electron chi connectivity index (χ1n) is 8.55. The van der Waals surface area contributed by atoms with E-state index < -0.39 is 10.0 Å². The van der Waals surface area contributed by atoms with Gasteiger partial charge in [0, 0.05) is 12.1 Å². The molecule has 152 valence electrons. The van der Waals surface area contributed by atoms with E-state index in [1.165, 1.54) is 33.4 Å². The van der Waals surface area contributed by atoms with Crippen LogP contribution in [-0.4, -0.2) is 29.7 Å². The molecule has 0 amide bonds. The van der Waals surface area contributed by atoms with E-state index in [2.05, 4.69) is 0 Å². The molecule has 0 bridgehead atoms. The molecule has 29 heavy (non-hydrogen) atoms. The van der Waals surface area contributed by atoms with Crippen molar-refractivity contribution in [3.05, 3.63) is 70.7 Å². The van der Waals surface area contributed by atoms with E-state index in [-0.39, 0.29) is 20.7 Å². The number of hydrogen-bond acceptors (Lipinski definition) is 4. The Labute approximate surface area is 180 Å². The lowest BCUT2D eigenvalue weighted by Gasteiger charge is -2.24. The van der Waals surface area contributed by atoms with Crippen molar-refractivity contribution < 1.29 is 17.9 Å². The van der Waals surface area contributed by atoms with Crippen LogP contribution < -0.4 is 13.8 Å². The van der Waals surface area contributed by atoms with Crippen LogP contribution >= 0.6 is 23.2 Å². The summed E-state index contributed by atoms with van der Waals surface area (Å²) in [6.07, 6.45) is 0. The van der Waals surface area contributed by atoms with Gasteiger partial charge in [0.15, 0.2) is 5.75 Å². The topological polar surface area (TPSA) is 55.8 Å². The Morgan fingerprint density at radius 2 is 1.55 bits per heavy atom. The van der Waals surface area contributed by atoms with Gasteiger partial charge in [-0.3, -0.25) is 4.31 Å². The van der Waals surface area contributed by atoms with E-state index in [1.807, 2.05) is 36.4 Å². The molecule has 0 radical (unpaired) electrons. The highest BCUT2D eigenvalue weighted by Gasteiger charge is 2.29. The molecule has 0 N–H and O–H groups in total. The predicted octanol–water partition coefficient (Wildman–Crippen LogP) is 5.50. The number of benzene rings is 3. The quantitative estimate of drug-likeness (QED) is 0.496. The number of nitrogens with zero attached hydrogens (tertiary/aromatic N) is 1. The first kappa shape index (κ1) is 21.3. The average Bonchev–Trinajstić information content (AvgIpc) is 2.72. The van der Waals surface area contributed by atoms with E-state index in [0.29, 0.717) is 11.4 Å². The molecule has 3 rings (SSSR count). The lowest BCUT2D eigenvalue weighted by molar-refractivity contribution is 0.402. The molecule has 0 heterocycles. The standard InChI is InChI=1S/C21H19Cl2NO4S/c1-24(29(25,26)20-13-16(22)12-17(23)21(20)28-3)18-11-15(9-10-19(18)27-2)14-7-5-4-6-8-14/h4-13H,1-3H3. The van der Waals surface area contributed by atoms with Crippen LogP contribution in [0.15, 0.2) is 65.6 Å². The third-order valence-electron chi connectivity index (χ3n) is 4.44. The van der Waals surface area contributed by atoms with Gasteiger partial charge >= 0.3 is 0 Å². The SMILES string of the molecule is COc1ccc(-c2ccccc2)cc1N(C)S(=O)(=O)c1cc(Cl)cc(Cl)c1OC. The minimum Gasteiger partial charge on any atom is -0.495 e. The Kier molecular flexibility index (Phi) is 6.27. The zero-order valence-electron chi connectivity index (χ0n) is 16.0. The summed E-state index contributed by atoms with van der Waals surface area (Å²) in [5.41, 5.74) is 2.16. The van der Waals surface area contributed by atoms with Gasteiger partial charge in [0.25, 0.3) is 10.0 Å². The molecule has 0 spiro atoms. The maximum atomic E-state index is 13.4. The zero-order valence-corrected chi connectivity index (χ0v) is 18.3. The molecule has 8 heteroatoms. The minimum absolute atomic E-state index is 0.0288. The molecule has 0 aliphatic rings. The molecule has 3 aromatic carbocycles. The summed E-state index contributed by atoms with van der Waals surface area (Å²) in [5, 5.41) is 0.296. The molecule has 5 nitrogen and oxygen atoms in total. The van der Waals surface area contributed by atoms with Gasteiger partial charge in [-0.25, -0.2) is 8.42 Å². The van der Waals surface area contributed by atoms with Gasteiger partial charge in [-0.2, -0.15) is 0 Å². The highest BCUT2D eigenvalue weighted by molar-refractivity contribution is 7.93. The van der Waals surface area contributed by atoms with E-state index in [0.717, 1.165) is 15.4 Å². The number of hydrogen-bond donors (Lipinski definition) is 0. The molecule has 0 unspecified atom stereocenters. The molecular formula is C21H19Cl2NO4S. The molecule has 0 aromatic heterocycles. The average molecular weight is 452 g/mol. The van der Waals surface area contributed by atoms with Crippen molar-refractivity contribution in [1.29, 1.82) is 0 Å². The van der Waals surface area contributed by atoms with Crippen molar-refractivity contribution in [3.63, 3.8) is 0 Å². The van der Waals surface area contributed by atoms with Gasteiger partial charge in [-0.05, 0) is 35.4 Å². The van der Waals surface area contributed by atoms with Gasteiger partial charge in [0.2, 0.25) is 0 Å². The van der Waals surface area contributed by atoms with Crippen molar-refractivity contribution in [3.8, 4) is 22.6 Å². The van der Waals surface area contributed by atoms with Crippen LogP contribution in [0.3, 0.4) is 0 Å². The highest BCUT2D eigenvalue weighted by Crippen LogP contribution is 2.40.